The molecule has 0 N–H and O–H groups in total. The number of hydrogen-bond donors (Lipinski definition) is 0. The Hall–Kier alpha value is -2.67. The van der Waals surface area contributed by atoms with Crippen molar-refractivity contribution in [3.63, 3.8) is 0 Å². The summed E-state index contributed by atoms with van der Waals surface area (Å²) in [5.74, 6) is 0. The molecule has 0 spiro atoms. The molecule has 24 heavy (non-hydrogen) atoms. The Bertz CT molecular complexity index is 1070. The van der Waals surface area contributed by atoms with Crippen molar-refractivity contribution in [1.82, 2.24) is 4.98 Å². The van der Waals surface area contributed by atoms with Gasteiger partial charge in [-0.25, -0.2) is 4.98 Å². The SMILES string of the molecule is Cc1ccc(-c2nc3ccc4ccccc4c3c3c2CCC3)cc1. The molecule has 0 unspecified atom stereocenters. The summed E-state index contributed by atoms with van der Waals surface area (Å²) in [4.78, 5) is 5.10. The lowest BCUT2D eigenvalue weighted by atomic mass is 9.95. The second kappa shape index (κ2) is 5.17. The maximum Gasteiger partial charge on any atom is 0.0744 e. The first-order valence-electron chi connectivity index (χ1n) is 8.71. The number of aryl methyl sites for hydroxylation is 2. The highest BCUT2D eigenvalue weighted by Crippen LogP contribution is 2.38. The highest BCUT2D eigenvalue weighted by atomic mass is 14.7. The number of rotatable bonds is 1. The molecule has 0 saturated carbocycles. The third kappa shape index (κ3) is 1.98. The summed E-state index contributed by atoms with van der Waals surface area (Å²) in [7, 11) is 0. The van der Waals surface area contributed by atoms with Crippen molar-refractivity contribution in [2.45, 2.75) is 26.2 Å². The second-order valence-corrected chi connectivity index (χ2v) is 6.82. The standard InChI is InChI=1S/C23H19N/c1-15-9-11-17(12-10-15)23-20-8-4-7-19(20)22-18-6-3-2-5-16(18)13-14-21(22)24-23/h2-3,5-6,9-14H,4,7-8H2,1H3. The van der Waals surface area contributed by atoms with Gasteiger partial charge in [-0.15, -0.1) is 0 Å². The molecule has 116 valence electrons. The molecule has 0 aliphatic heterocycles. The Morgan fingerprint density at radius 1 is 0.792 bits per heavy atom. The molecule has 1 heterocycles. The highest BCUT2D eigenvalue weighted by molar-refractivity contribution is 6.09. The van der Waals surface area contributed by atoms with Gasteiger partial charge in [-0.1, -0.05) is 60.2 Å². The van der Waals surface area contributed by atoms with Crippen LogP contribution in [-0.2, 0) is 12.8 Å². The van der Waals surface area contributed by atoms with Gasteiger partial charge in [0.15, 0.2) is 0 Å². The lowest BCUT2D eigenvalue weighted by molar-refractivity contribution is 0.913. The molecule has 0 amide bonds. The average Bonchev–Trinajstić information content (AvgIpc) is 3.11. The molecule has 1 aliphatic carbocycles. The summed E-state index contributed by atoms with van der Waals surface area (Å²) >= 11 is 0. The molecule has 1 nitrogen and oxygen atoms in total. The van der Waals surface area contributed by atoms with Gasteiger partial charge in [0.25, 0.3) is 0 Å². The van der Waals surface area contributed by atoms with Crippen LogP contribution in [-0.4, -0.2) is 4.98 Å². The fraction of sp³-hybridized carbons (Fsp3) is 0.174. The Morgan fingerprint density at radius 2 is 1.58 bits per heavy atom. The lowest BCUT2D eigenvalue weighted by Gasteiger charge is -2.14. The third-order valence-electron chi connectivity index (χ3n) is 5.27. The molecule has 4 aromatic rings. The van der Waals surface area contributed by atoms with E-state index in [1.54, 1.807) is 0 Å². The number of hydrogen-bond acceptors (Lipinski definition) is 1. The predicted molar refractivity (Wildman–Crippen MR) is 101 cm³/mol. The van der Waals surface area contributed by atoms with Crippen LogP contribution in [0.2, 0.25) is 0 Å². The van der Waals surface area contributed by atoms with Gasteiger partial charge in [-0.05, 0) is 54.2 Å². The van der Waals surface area contributed by atoms with E-state index < -0.39 is 0 Å². The van der Waals surface area contributed by atoms with E-state index in [1.165, 1.54) is 56.9 Å². The number of benzene rings is 3. The van der Waals surface area contributed by atoms with E-state index >= 15 is 0 Å². The van der Waals surface area contributed by atoms with Crippen molar-refractivity contribution < 1.29 is 0 Å². The molecule has 1 aliphatic rings. The third-order valence-corrected chi connectivity index (χ3v) is 5.27. The Kier molecular flexibility index (Phi) is 2.96. The molecule has 0 bridgehead atoms. The maximum absolute atomic E-state index is 5.10. The van der Waals surface area contributed by atoms with E-state index in [0.717, 1.165) is 11.9 Å². The summed E-state index contributed by atoms with van der Waals surface area (Å²) in [5.41, 5.74) is 7.83. The van der Waals surface area contributed by atoms with Crippen LogP contribution >= 0.6 is 0 Å². The fourth-order valence-electron chi connectivity index (χ4n) is 4.09. The summed E-state index contributed by atoms with van der Waals surface area (Å²) in [6, 6.07) is 21.9. The second-order valence-electron chi connectivity index (χ2n) is 6.82. The van der Waals surface area contributed by atoms with Gasteiger partial charge in [0.05, 0.1) is 11.2 Å². The van der Waals surface area contributed by atoms with E-state index in [1.807, 2.05) is 0 Å². The van der Waals surface area contributed by atoms with Gasteiger partial charge in [-0.3, -0.25) is 0 Å². The van der Waals surface area contributed by atoms with Gasteiger partial charge in [0.1, 0.15) is 0 Å². The normalized spacial score (nSPS) is 13.5. The van der Waals surface area contributed by atoms with Crippen LogP contribution in [0, 0.1) is 6.92 Å². The van der Waals surface area contributed by atoms with E-state index in [2.05, 4.69) is 67.6 Å². The zero-order valence-electron chi connectivity index (χ0n) is 13.8. The molecular formula is C23H19N. The zero-order chi connectivity index (χ0) is 16.1. The Morgan fingerprint density at radius 3 is 2.46 bits per heavy atom. The van der Waals surface area contributed by atoms with Gasteiger partial charge in [0.2, 0.25) is 0 Å². The van der Waals surface area contributed by atoms with Crippen molar-refractivity contribution in [3.05, 3.63) is 77.4 Å². The number of fused-ring (bicyclic) bond motifs is 5. The summed E-state index contributed by atoms with van der Waals surface area (Å²) in [6.07, 6.45) is 3.55. The van der Waals surface area contributed by atoms with E-state index in [0.29, 0.717) is 0 Å². The Balaban J connectivity index is 1.88. The van der Waals surface area contributed by atoms with E-state index in [-0.39, 0.29) is 0 Å². The van der Waals surface area contributed by atoms with Crippen LogP contribution in [0.3, 0.4) is 0 Å². The van der Waals surface area contributed by atoms with Gasteiger partial charge in [-0.2, -0.15) is 0 Å². The maximum atomic E-state index is 5.10. The van der Waals surface area contributed by atoms with Crippen molar-refractivity contribution in [3.8, 4) is 11.3 Å². The van der Waals surface area contributed by atoms with Crippen LogP contribution in [0.4, 0.5) is 0 Å². The first-order valence-corrected chi connectivity index (χ1v) is 8.71. The molecule has 0 fully saturated rings. The average molecular weight is 309 g/mol. The quantitative estimate of drug-likeness (QED) is 0.402. The topological polar surface area (TPSA) is 12.9 Å². The van der Waals surface area contributed by atoms with Gasteiger partial charge >= 0.3 is 0 Å². The van der Waals surface area contributed by atoms with Crippen molar-refractivity contribution in [2.24, 2.45) is 0 Å². The van der Waals surface area contributed by atoms with Crippen LogP contribution < -0.4 is 0 Å². The van der Waals surface area contributed by atoms with Crippen molar-refractivity contribution in [1.29, 1.82) is 0 Å². The fourth-order valence-corrected chi connectivity index (χ4v) is 4.09. The van der Waals surface area contributed by atoms with Crippen LogP contribution in [0.15, 0.2) is 60.7 Å². The summed E-state index contributed by atoms with van der Waals surface area (Å²) in [5, 5.41) is 4.02. The van der Waals surface area contributed by atoms with E-state index in [9.17, 15) is 0 Å². The molecule has 3 aromatic carbocycles. The molecule has 1 aromatic heterocycles. The van der Waals surface area contributed by atoms with Crippen molar-refractivity contribution >= 4 is 21.7 Å². The number of nitrogens with zero attached hydrogens (tertiary/aromatic N) is 1. The molecule has 5 rings (SSSR count). The van der Waals surface area contributed by atoms with Crippen LogP contribution in [0.5, 0.6) is 0 Å². The van der Waals surface area contributed by atoms with Crippen molar-refractivity contribution in [2.75, 3.05) is 0 Å². The minimum absolute atomic E-state index is 1.13. The first-order chi connectivity index (χ1) is 11.8. The van der Waals surface area contributed by atoms with Gasteiger partial charge in [0, 0.05) is 10.9 Å². The smallest absolute Gasteiger partial charge is 0.0744 e. The Labute approximate surface area is 142 Å². The largest absolute Gasteiger partial charge is 0.247 e. The summed E-state index contributed by atoms with van der Waals surface area (Å²) < 4.78 is 0. The first kappa shape index (κ1) is 13.7. The minimum atomic E-state index is 1.13. The molecular weight excluding hydrogens is 290 g/mol. The number of pyridine rings is 1. The van der Waals surface area contributed by atoms with Crippen LogP contribution in [0.1, 0.15) is 23.1 Å². The zero-order valence-corrected chi connectivity index (χ0v) is 13.8. The molecule has 1 heteroatoms. The molecule has 0 atom stereocenters. The monoisotopic (exact) mass is 309 g/mol. The highest BCUT2D eigenvalue weighted by Gasteiger charge is 2.21. The van der Waals surface area contributed by atoms with E-state index in [4.69, 9.17) is 4.98 Å². The number of aromatic nitrogens is 1. The minimum Gasteiger partial charge on any atom is -0.247 e. The molecule has 0 saturated heterocycles. The van der Waals surface area contributed by atoms with Crippen LogP contribution in [0.25, 0.3) is 32.9 Å². The van der Waals surface area contributed by atoms with Gasteiger partial charge < -0.3 is 0 Å². The molecule has 0 radical (unpaired) electrons. The summed E-state index contributed by atoms with van der Waals surface area (Å²) in [6.45, 7) is 2.13. The lowest BCUT2D eigenvalue weighted by Crippen LogP contribution is -1.96. The predicted octanol–water partition coefficient (Wildman–Crippen LogP) is 5.85.